The molecule has 2 aromatic rings. The van der Waals surface area contributed by atoms with Crippen molar-refractivity contribution in [1.82, 2.24) is 15.1 Å². The number of aryl methyl sites for hydroxylation is 1. The molecular formula is C23H27Cl2N3O4. The van der Waals surface area contributed by atoms with Crippen LogP contribution in [0.15, 0.2) is 24.3 Å². The standard InChI is InChI=1S/C23H27Cl2N3O4/c1-14-6-18(28(27-14)13-21(2,3)31)19(29)8-22-10-23(11-22,12-22)26-20(30)9-32-15-4-5-16(24)17(25)7-15/h4-7,31H,8-13H2,1-3H3,(H,26,30). The Labute approximate surface area is 197 Å². The van der Waals surface area contributed by atoms with Crippen molar-refractivity contribution in [2.75, 3.05) is 6.61 Å². The minimum atomic E-state index is -0.961. The summed E-state index contributed by atoms with van der Waals surface area (Å²) in [6.45, 7) is 5.37. The molecule has 7 nitrogen and oxygen atoms in total. The second kappa shape index (κ2) is 8.04. The first kappa shape index (κ1) is 23.1. The Balaban J connectivity index is 1.27. The summed E-state index contributed by atoms with van der Waals surface area (Å²) >= 11 is 11.8. The molecule has 1 heterocycles. The van der Waals surface area contributed by atoms with Crippen molar-refractivity contribution in [3.8, 4) is 5.75 Å². The summed E-state index contributed by atoms with van der Waals surface area (Å²) in [5, 5.41) is 18.3. The van der Waals surface area contributed by atoms with Gasteiger partial charge < -0.3 is 15.2 Å². The molecule has 1 amide bonds. The van der Waals surface area contributed by atoms with Gasteiger partial charge in [0.05, 0.1) is 27.9 Å². The number of aromatic nitrogens is 2. The highest BCUT2D eigenvalue weighted by atomic mass is 35.5. The van der Waals surface area contributed by atoms with Crippen LogP contribution in [0.5, 0.6) is 5.75 Å². The van der Waals surface area contributed by atoms with Gasteiger partial charge in [-0.25, -0.2) is 0 Å². The molecule has 0 spiro atoms. The van der Waals surface area contributed by atoms with Gasteiger partial charge in [0.2, 0.25) is 0 Å². The molecular weight excluding hydrogens is 453 g/mol. The molecule has 2 bridgehead atoms. The third-order valence-corrected chi connectivity index (χ3v) is 6.80. The number of Topliss-reactive ketones (excluding diaryl/α,β-unsaturated/α-hetero) is 1. The van der Waals surface area contributed by atoms with E-state index < -0.39 is 5.60 Å². The van der Waals surface area contributed by atoms with Gasteiger partial charge in [0, 0.05) is 18.0 Å². The Kier molecular flexibility index (Phi) is 5.80. The van der Waals surface area contributed by atoms with Crippen molar-refractivity contribution in [2.45, 2.75) is 64.1 Å². The van der Waals surface area contributed by atoms with Gasteiger partial charge in [-0.15, -0.1) is 0 Å². The minimum absolute atomic E-state index is 0.0254. The van der Waals surface area contributed by atoms with E-state index >= 15 is 0 Å². The maximum absolute atomic E-state index is 13.0. The van der Waals surface area contributed by atoms with Gasteiger partial charge >= 0.3 is 0 Å². The highest BCUT2D eigenvalue weighted by Crippen LogP contribution is 2.69. The van der Waals surface area contributed by atoms with Crippen molar-refractivity contribution in [1.29, 1.82) is 0 Å². The molecule has 9 heteroatoms. The third kappa shape index (κ3) is 4.80. The molecule has 3 saturated carbocycles. The van der Waals surface area contributed by atoms with Crippen molar-refractivity contribution < 1.29 is 19.4 Å². The van der Waals surface area contributed by atoms with Crippen molar-refractivity contribution in [3.05, 3.63) is 45.7 Å². The number of nitrogens with one attached hydrogen (secondary N) is 1. The van der Waals surface area contributed by atoms with Crippen LogP contribution in [0.4, 0.5) is 0 Å². The molecule has 0 saturated heterocycles. The summed E-state index contributed by atoms with van der Waals surface area (Å²) < 4.78 is 7.10. The first-order chi connectivity index (χ1) is 14.9. The van der Waals surface area contributed by atoms with Gasteiger partial charge in [0.25, 0.3) is 5.91 Å². The van der Waals surface area contributed by atoms with E-state index in [1.807, 2.05) is 6.92 Å². The van der Waals surface area contributed by atoms with E-state index in [4.69, 9.17) is 27.9 Å². The quantitative estimate of drug-likeness (QED) is 0.530. The van der Waals surface area contributed by atoms with E-state index in [1.165, 1.54) is 0 Å². The van der Waals surface area contributed by atoms with Gasteiger partial charge in [0.15, 0.2) is 12.4 Å². The number of carbonyl (C=O) groups excluding carboxylic acids is 2. The maximum Gasteiger partial charge on any atom is 0.258 e. The summed E-state index contributed by atoms with van der Waals surface area (Å²) in [6, 6.07) is 6.63. The molecule has 0 atom stereocenters. The van der Waals surface area contributed by atoms with Crippen LogP contribution < -0.4 is 10.1 Å². The van der Waals surface area contributed by atoms with Crippen LogP contribution in [0.1, 0.15) is 55.7 Å². The van der Waals surface area contributed by atoms with Crippen LogP contribution in [0.3, 0.4) is 0 Å². The number of hydrogen-bond donors (Lipinski definition) is 2. The van der Waals surface area contributed by atoms with E-state index in [0.29, 0.717) is 27.9 Å². The summed E-state index contributed by atoms with van der Waals surface area (Å²) in [5.74, 6) is 0.305. The number of benzene rings is 1. The summed E-state index contributed by atoms with van der Waals surface area (Å²) in [4.78, 5) is 25.3. The average molecular weight is 480 g/mol. The fourth-order valence-electron chi connectivity index (χ4n) is 5.05. The Hall–Kier alpha value is -2.09. The fourth-order valence-corrected chi connectivity index (χ4v) is 5.34. The van der Waals surface area contributed by atoms with Crippen molar-refractivity contribution in [3.63, 3.8) is 0 Å². The average Bonchev–Trinajstić information content (AvgIpc) is 2.98. The van der Waals surface area contributed by atoms with Crippen molar-refractivity contribution >= 4 is 34.9 Å². The molecule has 5 rings (SSSR count). The minimum Gasteiger partial charge on any atom is -0.484 e. The second-order valence-corrected chi connectivity index (χ2v) is 10.8. The number of nitrogens with zero attached hydrogens (tertiary/aromatic N) is 2. The molecule has 3 fully saturated rings. The molecule has 1 aromatic heterocycles. The number of carbonyl (C=O) groups is 2. The van der Waals surface area contributed by atoms with E-state index in [0.717, 1.165) is 25.0 Å². The van der Waals surface area contributed by atoms with Crippen molar-refractivity contribution in [2.24, 2.45) is 5.41 Å². The first-order valence-electron chi connectivity index (χ1n) is 10.6. The molecule has 3 aliphatic carbocycles. The normalized spacial score (nSPS) is 23.8. The molecule has 0 radical (unpaired) electrons. The molecule has 32 heavy (non-hydrogen) atoms. The number of rotatable bonds is 9. The summed E-state index contributed by atoms with van der Waals surface area (Å²) in [6.07, 6.45) is 2.76. The molecule has 3 aliphatic rings. The van der Waals surface area contributed by atoms with Crippen LogP contribution in [-0.2, 0) is 11.3 Å². The van der Waals surface area contributed by atoms with Gasteiger partial charge in [-0.2, -0.15) is 5.10 Å². The fraction of sp³-hybridized carbons (Fsp3) is 0.522. The predicted octanol–water partition coefficient (Wildman–Crippen LogP) is 3.96. The number of ketones is 1. The van der Waals surface area contributed by atoms with E-state index in [2.05, 4.69) is 10.4 Å². The number of halogens is 2. The van der Waals surface area contributed by atoms with Crippen LogP contribution >= 0.6 is 23.2 Å². The zero-order chi connectivity index (χ0) is 23.3. The molecule has 0 aliphatic heterocycles. The molecule has 2 N–H and O–H groups in total. The van der Waals surface area contributed by atoms with Crippen LogP contribution in [0.25, 0.3) is 0 Å². The summed E-state index contributed by atoms with van der Waals surface area (Å²) in [7, 11) is 0. The van der Waals surface area contributed by atoms with Crippen LogP contribution in [0, 0.1) is 12.3 Å². The highest BCUT2D eigenvalue weighted by Gasteiger charge is 2.68. The number of amides is 1. The number of hydrogen-bond acceptors (Lipinski definition) is 5. The van der Waals surface area contributed by atoms with E-state index in [-0.39, 0.29) is 35.8 Å². The molecule has 0 unspecified atom stereocenters. The lowest BCUT2D eigenvalue weighted by Gasteiger charge is -2.70. The highest BCUT2D eigenvalue weighted by molar-refractivity contribution is 6.42. The Morgan fingerprint density at radius 3 is 2.53 bits per heavy atom. The van der Waals surface area contributed by atoms with Gasteiger partial charge in [-0.05, 0) is 63.6 Å². The summed E-state index contributed by atoms with van der Waals surface area (Å²) in [5.41, 5.74) is 0.0228. The van der Waals surface area contributed by atoms with Gasteiger partial charge in [0.1, 0.15) is 11.4 Å². The maximum atomic E-state index is 13.0. The number of ether oxygens (including phenoxy) is 1. The Morgan fingerprint density at radius 1 is 1.22 bits per heavy atom. The number of aliphatic hydroxyl groups is 1. The lowest BCUT2D eigenvalue weighted by Crippen LogP contribution is -2.75. The molecule has 1 aromatic carbocycles. The monoisotopic (exact) mass is 479 g/mol. The first-order valence-corrected chi connectivity index (χ1v) is 11.3. The predicted molar refractivity (Wildman–Crippen MR) is 121 cm³/mol. The topological polar surface area (TPSA) is 93.5 Å². The Morgan fingerprint density at radius 2 is 1.91 bits per heavy atom. The lowest BCUT2D eigenvalue weighted by atomic mass is 9.38. The van der Waals surface area contributed by atoms with E-state index in [1.54, 1.807) is 42.8 Å². The third-order valence-electron chi connectivity index (χ3n) is 6.07. The van der Waals surface area contributed by atoms with E-state index in [9.17, 15) is 14.7 Å². The van der Waals surface area contributed by atoms with Crippen LogP contribution in [0.2, 0.25) is 10.0 Å². The SMILES string of the molecule is Cc1cc(C(=O)CC23CC(NC(=O)COc4ccc(Cl)c(Cl)c4)(C2)C3)n(CC(C)(C)O)n1. The largest absolute Gasteiger partial charge is 0.484 e. The second-order valence-electron chi connectivity index (χ2n) is 9.96. The van der Waals surface area contributed by atoms with Gasteiger partial charge in [-0.3, -0.25) is 14.3 Å². The van der Waals surface area contributed by atoms with Crippen LogP contribution in [-0.4, -0.2) is 44.3 Å². The smallest absolute Gasteiger partial charge is 0.258 e. The molecule has 172 valence electrons. The van der Waals surface area contributed by atoms with Gasteiger partial charge in [-0.1, -0.05) is 23.2 Å². The lowest BCUT2D eigenvalue weighted by molar-refractivity contribution is -0.164. The Bertz CT molecular complexity index is 1050. The zero-order valence-electron chi connectivity index (χ0n) is 18.4. The zero-order valence-corrected chi connectivity index (χ0v) is 19.9.